The number of nitrogens with zero attached hydrogens (tertiary/aromatic N) is 4. The number of oxime groups is 1. The van der Waals surface area contributed by atoms with Crippen LogP contribution in [0.1, 0.15) is 26.0 Å². The van der Waals surface area contributed by atoms with Gasteiger partial charge < -0.3 is 30.3 Å². The van der Waals surface area contributed by atoms with Crippen LogP contribution in [-0.2, 0) is 38.3 Å². The molecule has 14 nitrogen and oxygen atoms in total. The molecular weight excluding hydrogens is 612 g/mol. The standard InChI is InChI=1S/C28H28N6O8S2/c1-14(35)41-15(2)42-27(39)22-17(11-16-9-10-33(24(16)37)18-7-5-4-6-8-18)12-43-26-21(25(38)34(22)26)31-23(36)20(32-40-3)19-13-44-28(29)30-19/h4-8,11,13,15,21,26H,9-10,12H2,1-3H3,(H2,29,30)(H,31,36). The van der Waals surface area contributed by atoms with E-state index in [2.05, 4.69) is 15.5 Å². The minimum Gasteiger partial charge on any atom is -0.426 e. The van der Waals surface area contributed by atoms with Gasteiger partial charge in [0.1, 0.15) is 29.9 Å². The van der Waals surface area contributed by atoms with E-state index in [0.29, 0.717) is 24.1 Å². The summed E-state index contributed by atoms with van der Waals surface area (Å²) in [6.07, 6.45) is 0.797. The number of nitrogens with two attached hydrogens (primary N) is 1. The number of thioether (sulfide) groups is 1. The van der Waals surface area contributed by atoms with Gasteiger partial charge in [-0.2, -0.15) is 0 Å². The van der Waals surface area contributed by atoms with Crippen molar-refractivity contribution >= 4 is 69.3 Å². The van der Waals surface area contributed by atoms with E-state index in [1.165, 1.54) is 43.0 Å². The first-order valence-electron chi connectivity index (χ1n) is 13.4. The molecule has 230 valence electrons. The number of ether oxygens (including phenoxy) is 2. The van der Waals surface area contributed by atoms with Gasteiger partial charge in [-0.05, 0) is 30.2 Å². The lowest BCUT2D eigenvalue weighted by Gasteiger charge is -2.49. The Hall–Kier alpha value is -4.70. The summed E-state index contributed by atoms with van der Waals surface area (Å²) in [5.74, 6) is -2.88. The molecule has 0 saturated carbocycles. The van der Waals surface area contributed by atoms with Crippen LogP contribution in [0.25, 0.3) is 0 Å². The molecule has 3 aliphatic rings. The topological polar surface area (TPSA) is 183 Å². The van der Waals surface area contributed by atoms with E-state index in [4.69, 9.17) is 20.0 Å². The number of nitrogen functional groups attached to an aromatic ring is 1. The minimum absolute atomic E-state index is 0.0974. The Morgan fingerprint density at radius 3 is 2.61 bits per heavy atom. The van der Waals surface area contributed by atoms with Gasteiger partial charge in [0.05, 0.1) is 0 Å². The molecule has 4 heterocycles. The maximum absolute atomic E-state index is 13.5. The highest BCUT2D eigenvalue weighted by Crippen LogP contribution is 2.42. The van der Waals surface area contributed by atoms with Crippen molar-refractivity contribution < 1.29 is 38.3 Å². The van der Waals surface area contributed by atoms with Crippen molar-refractivity contribution in [2.75, 3.05) is 30.0 Å². The highest BCUT2D eigenvalue weighted by molar-refractivity contribution is 8.00. The Balaban J connectivity index is 1.42. The number of amides is 3. The van der Waals surface area contributed by atoms with E-state index in [9.17, 15) is 24.0 Å². The van der Waals surface area contributed by atoms with Gasteiger partial charge in [0.15, 0.2) is 10.8 Å². The third-order valence-electron chi connectivity index (χ3n) is 6.79. The van der Waals surface area contributed by atoms with Crippen LogP contribution in [0.5, 0.6) is 0 Å². The van der Waals surface area contributed by atoms with Crippen molar-refractivity contribution in [3.05, 3.63) is 64.3 Å². The van der Waals surface area contributed by atoms with Crippen LogP contribution in [-0.4, -0.2) is 82.4 Å². The van der Waals surface area contributed by atoms with Gasteiger partial charge in [0, 0.05) is 42.8 Å². The summed E-state index contributed by atoms with van der Waals surface area (Å²) in [5.41, 5.74) is 7.19. The molecule has 0 radical (unpaired) electrons. The van der Waals surface area contributed by atoms with Gasteiger partial charge in [-0.1, -0.05) is 23.4 Å². The molecule has 0 aliphatic carbocycles. The number of hydrogen-bond donors (Lipinski definition) is 2. The molecule has 3 atom stereocenters. The molecule has 0 spiro atoms. The Labute approximate surface area is 259 Å². The number of esters is 2. The largest absolute Gasteiger partial charge is 0.426 e. The Morgan fingerprint density at radius 2 is 1.95 bits per heavy atom. The average molecular weight is 641 g/mol. The van der Waals surface area contributed by atoms with Gasteiger partial charge in [0.2, 0.25) is 6.29 Å². The number of thiazole rings is 1. The summed E-state index contributed by atoms with van der Waals surface area (Å²) < 4.78 is 10.3. The van der Waals surface area contributed by atoms with Gasteiger partial charge in [-0.15, -0.1) is 23.1 Å². The Kier molecular flexibility index (Phi) is 9.01. The number of aromatic nitrogens is 1. The third-order valence-corrected chi connectivity index (χ3v) is 8.76. The van der Waals surface area contributed by atoms with Crippen LogP contribution >= 0.6 is 23.1 Å². The normalized spacial score (nSPS) is 21.5. The lowest BCUT2D eigenvalue weighted by molar-refractivity contribution is -0.182. The molecule has 5 rings (SSSR count). The van der Waals surface area contributed by atoms with Crippen LogP contribution < -0.4 is 16.0 Å². The highest BCUT2D eigenvalue weighted by atomic mass is 32.2. The fraction of sp³-hybridized carbons (Fsp3) is 0.321. The van der Waals surface area contributed by atoms with Crippen molar-refractivity contribution in [2.45, 2.75) is 38.0 Å². The molecule has 1 aromatic carbocycles. The first kappa shape index (κ1) is 30.7. The lowest BCUT2D eigenvalue weighted by Crippen LogP contribution is -2.71. The van der Waals surface area contributed by atoms with E-state index >= 15 is 0 Å². The third kappa shape index (κ3) is 6.16. The number of allylic oxidation sites excluding steroid dienone is 1. The number of fused-ring (bicyclic) bond motifs is 1. The van der Waals surface area contributed by atoms with Crippen molar-refractivity contribution in [1.29, 1.82) is 0 Å². The molecule has 3 N–H and O–H groups in total. The predicted octanol–water partition coefficient (Wildman–Crippen LogP) is 1.55. The van der Waals surface area contributed by atoms with Crippen molar-refractivity contribution in [3.8, 4) is 0 Å². The lowest BCUT2D eigenvalue weighted by atomic mass is 10.0. The van der Waals surface area contributed by atoms with Crippen LogP contribution in [0.15, 0.2) is 63.8 Å². The number of carbonyl (C=O) groups excluding carboxylic acids is 5. The maximum atomic E-state index is 13.5. The zero-order valence-electron chi connectivity index (χ0n) is 23.8. The molecule has 44 heavy (non-hydrogen) atoms. The monoisotopic (exact) mass is 640 g/mol. The molecule has 1 aromatic heterocycles. The number of β-lactam (4-membered cyclic amide) rings is 1. The minimum atomic E-state index is -1.23. The van der Waals surface area contributed by atoms with E-state index in [1.807, 2.05) is 30.3 Å². The van der Waals surface area contributed by atoms with Crippen molar-refractivity contribution in [1.82, 2.24) is 15.2 Å². The zero-order valence-corrected chi connectivity index (χ0v) is 25.5. The molecule has 2 saturated heterocycles. The average Bonchev–Trinajstić information content (AvgIpc) is 3.58. The van der Waals surface area contributed by atoms with Crippen LogP contribution in [0.4, 0.5) is 10.8 Å². The van der Waals surface area contributed by atoms with Crippen LogP contribution in [0, 0.1) is 0 Å². The van der Waals surface area contributed by atoms with Crippen LogP contribution in [0.3, 0.4) is 0 Å². The quantitative estimate of drug-likeness (QED) is 0.101. The van der Waals surface area contributed by atoms with Crippen LogP contribution in [0.2, 0.25) is 0 Å². The van der Waals surface area contributed by atoms with E-state index in [0.717, 1.165) is 17.0 Å². The number of benzene rings is 1. The van der Waals surface area contributed by atoms with Gasteiger partial charge >= 0.3 is 11.9 Å². The van der Waals surface area contributed by atoms with E-state index < -0.39 is 41.5 Å². The maximum Gasteiger partial charge on any atom is 0.358 e. The Morgan fingerprint density at radius 1 is 1.20 bits per heavy atom. The van der Waals surface area contributed by atoms with E-state index in [1.54, 1.807) is 11.0 Å². The van der Waals surface area contributed by atoms with Gasteiger partial charge in [0.25, 0.3) is 17.7 Å². The van der Waals surface area contributed by atoms with Gasteiger partial charge in [-0.25, -0.2) is 9.78 Å². The number of anilines is 2. The first-order valence-corrected chi connectivity index (χ1v) is 15.3. The summed E-state index contributed by atoms with van der Waals surface area (Å²) in [6, 6.07) is 8.18. The van der Waals surface area contributed by atoms with Gasteiger partial charge in [-0.3, -0.25) is 24.1 Å². The molecule has 16 heteroatoms. The fourth-order valence-corrected chi connectivity index (χ4v) is 6.78. The number of hydrogen-bond acceptors (Lipinski definition) is 13. The molecule has 3 unspecified atom stereocenters. The molecule has 2 aromatic rings. The molecule has 0 bridgehead atoms. The molecular formula is C28H28N6O8S2. The second kappa shape index (κ2) is 12.9. The number of para-hydroxylation sites is 1. The highest BCUT2D eigenvalue weighted by Gasteiger charge is 2.55. The van der Waals surface area contributed by atoms with Crippen molar-refractivity contribution in [2.24, 2.45) is 5.16 Å². The summed E-state index contributed by atoms with van der Waals surface area (Å²) in [7, 11) is 1.26. The molecule has 2 fully saturated rings. The zero-order chi connectivity index (χ0) is 31.5. The summed E-state index contributed by atoms with van der Waals surface area (Å²) in [5, 5.41) is 7.46. The summed E-state index contributed by atoms with van der Waals surface area (Å²) in [4.78, 5) is 76.5. The number of rotatable bonds is 9. The Bertz CT molecular complexity index is 1600. The second-order valence-electron chi connectivity index (χ2n) is 9.72. The molecule has 3 amide bonds. The number of carbonyl (C=O) groups is 5. The summed E-state index contributed by atoms with van der Waals surface area (Å²) >= 11 is 2.40. The molecule has 3 aliphatic heterocycles. The fourth-order valence-electron chi connectivity index (χ4n) is 4.92. The van der Waals surface area contributed by atoms with Crippen molar-refractivity contribution in [3.63, 3.8) is 0 Å². The second-order valence-corrected chi connectivity index (χ2v) is 11.7. The predicted molar refractivity (Wildman–Crippen MR) is 161 cm³/mol. The number of nitrogens with one attached hydrogen (secondary N) is 1. The SMILES string of the molecule is CON=C(C(=O)NC1C(=O)N2C(C(=O)OC(C)OC(C)=O)=C(C=C3CCN(c4ccccc4)C3=O)CSC12)c1csc(N)n1. The smallest absolute Gasteiger partial charge is 0.358 e. The van der Waals surface area contributed by atoms with E-state index in [-0.39, 0.29) is 33.9 Å². The first-order chi connectivity index (χ1) is 21.1. The summed E-state index contributed by atoms with van der Waals surface area (Å²) in [6.45, 7) is 2.99.